The highest BCUT2D eigenvalue weighted by Crippen LogP contribution is 2.28. The molecule has 0 radical (unpaired) electrons. The molecule has 2 atom stereocenters. The van der Waals surface area contributed by atoms with Gasteiger partial charge in [-0.15, -0.1) is 0 Å². The second kappa shape index (κ2) is 5.91. The minimum atomic E-state index is -3.61. The summed E-state index contributed by atoms with van der Waals surface area (Å²) in [5.74, 6) is -0.203. The summed E-state index contributed by atoms with van der Waals surface area (Å²) in [7, 11) is 1.89. The number of rotatable bonds is 3. The van der Waals surface area contributed by atoms with Crippen molar-refractivity contribution < 1.29 is 13.2 Å². The van der Waals surface area contributed by atoms with Crippen molar-refractivity contribution in [2.75, 3.05) is 13.2 Å². The quantitative estimate of drug-likeness (QED) is 0.801. The summed E-state index contributed by atoms with van der Waals surface area (Å²) in [6.45, 7) is 0.767. The van der Waals surface area contributed by atoms with Gasteiger partial charge in [0.2, 0.25) is 9.05 Å². The van der Waals surface area contributed by atoms with Gasteiger partial charge in [0.1, 0.15) is 0 Å². The van der Waals surface area contributed by atoms with E-state index in [2.05, 4.69) is 6.07 Å². The van der Waals surface area contributed by atoms with E-state index in [1.54, 1.807) is 12.1 Å². The summed E-state index contributed by atoms with van der Waals surface area (Å²) in [6, 6.07) is 9.30. The van der Waals surface area contributed by atoms with Gasteiger partial charge < -0.3 is 4.74 Å². The molecule has 4 nitrogen and oxygen atoms in total. The van der Waals surface area contributed by atoms with Gasteiger partial charge in [0.25, 0.3) is 0 Å². The van der Waals surface area contributed by atoms with E-state index < -0.39 is 14.3 Å². The van der Waals surface area contributed by atoms with Crippen LogP contribution in [0.4, 0.5) is 0 Å². The molecule has 1 aromatic rings. The lowest BCUT2D eigenvalue weighted by atomic mass is 9.91. The van der Waals surface area contributed by atoms with Gasteiger partial charge >= 0.3 is 0 Å². The Labute approximate surface area is 117 Å². The molecule has 0 saturated carbocycles. The largest absolute Gasteiger partial charge is 0.381 e. The second-order valence-electron chi connectivity index (χ2n) is 4.61. The van der Waals surface area contributed by atoms with E-state index >= 15 is 0 Å². The van der Waals surface area contributed by atoms with Gasteiger partial charge in [-0.1, -0.05) is 18.2 Å². The summed E-state index contributed by atoms with van der Waals surface area (Å²) in [4.78, 5) is 0. The molecule has 2 rings (SSSR count). The Morgan fingerprint density at radius 3 is 2.84 bits per heavy atom. The zero-order chi connectivity index (χ0) is 13.9. The molecular formula is C13H14ClNO3S. The first-order valence-electron chi connectivity index (χ1n) is 6.01. The van der Waals surface area contributed by atoms with Crippen LogP contribution in [0, 0.1) is 17.2 Å². The van der Waals surface area contributed by atoms with Crippen LogP contribution in [0.15, 0.2) is 24.3 Å². The lowest BCUT2D eigenvalue weighted by Gasteiger charge is -2.29. The maximum absolute atomic E-state index is 11.6. The van der Waals surface area contributed by atoms with Crippen LogP contribution in [-0.2, 0) is 20.2 Å². The summed E-state index contributed by atoms with van der Waals surface area (Å²) < 4.78 is 28.5. The first-order valence-corrected chi connectivity index (χ1v) is 8.39. The highest BCUT2D eigenvalue weighted by atomic mass is 35.7. The van der Waals surface area contributed by atoms with Gasteiger partial charge in [0.05, 0.1) is 23.5 Å². The van der Waals surface area contributed by atoms with Crippen molar-refractivity contribution in [1.82, 2.24) is 0 Å². The standard InChI is InChI=1S/C13H14ClNO3S/c14-19(16,17)13-5-6-18-9-12(13)7-10-3-1-2-4-11(10)8-15/h1-4,12-13H,5-7,9H2. The van der Waals surface area contributed by atoms with Gasteiger partial charge in [-0.05, 0) is 24.5 Å². The third kappa shape index (κ3) is 3.47. The molecule has 1 aliphatic heterocycles. The first-order chi connectivity index (χ1) is 9.02. The van der Waals surface area contributed by atoms with E-state index in [1.165, 1.54) is 0 Å². The maximum atomic E-state index is 11.6. The third-order valence-corrected chi connectivity index (χ3v) is 5.42. The lowest BCUT2D eigenvalue weighted by molar-refractivity contribution is 0.0577. The third-order valence-electron chi connectivity index (χ3n) is 3.39. The maximum Gasteiger partial charge on any atom is 0.235 e. The van der Waals surface area contributed by atoms with Crippen LogP contribution in [0.5, 0.6) is 0 Å². The van der Waals surface area contributed by atoms with E-state index in [9.17, 15) is 8.42 Å². The zero-order valence-corrected chi connectivity index (χ0v) is 11.8. The van der Waals surface area contributed by atoms with Crippen molar-refractivity contribution in [3.8, 4) is 6.07 Å². The first kappa shape index (κ1) is 14.3. The fourth-order valence-electron chi connectivity index (χ4n) is 2.43. The highest BCUT2D eigenvalue weighted by Gasteiger charge is 2.35. The Balaban J connectivity index is 2.23. The summed E-state index contributed by atoms with van der Waals surface area (Å²) in [5, 5.41) is 8.45. The van der Waals surface area contributed by atoms with Crippen molar-refractivity contribution in [2.45, 2.75) is 18.1 Å². The molecule has 0 N–H and O–H groups in total. The lowest BCUT2D eigenvalue weighted by Crippen LogP contribution is -2.37. The summed E-state index contributed by atoms with van der Waals surface area (Å²) in [6.07, 6.45) is 0.894. The fraction of sp³-hybridized carbons (Fsp3) is 0.462. The molecular weight excluding hydrogens is 286 g/mol. The monoisotopic (exact) mass is 299 g/mol. The van der Waals surface area contributed by atoms with Crippen LogP contribution in [0.1, 0.15) is 17.5 Å². The smallest absolute Gasteiger partial charge is 0.235 e. The van der Waals surface area contributed by atoms with Gasteiger partial charge in [-0.3, -0.25) is 0 Å². The molecule has 2 unspecified atom stereocenters. The SMILES string of the molecule is N#Cc1ccccc1CC1COCCC1S(=O)(=O)Cl. The number of halogens is 1. The Bertz CT molecular complexity index is 594. The van der Waals surface area contributed by atoms with Crippen LogP contribution in [-0.4, -0.2) is 26.9 Å². The Kier molecular flexibility index (Phi) is 4.46. The van der Waals surface area contributed by atoms with Crippen molar-refractivity contribution in [2.24, 2.45) is 5.92 Å². The predicted octanol–water partition coefficient (Wildman–Crippen LogP) is 2.07. The van der Waals surface area contributed by atoms with Crippen molar-refractivity contribution >= 4 is 19.7 Å². The average molecular weight is 300 g/mol. The molecule has 19 heavy (non-hydrogen) atoms. The molecule has 1 saturated heterocycles. The predicted molar refractivity (Wildman–Crippen MR) is 72.3 cm³/mol. The number of ether oxygens (including phenoxy) is 1. The molecule has 6 heteroatoms. The Hall–Kier alpha value is -1.09. The number of hydrogen-bond donors (Lipinski definition) is 0. The molecule has 102 valence electrons. The van der Waals surface area contributed by atoms with Crippen LogP contribution < -0.4 is 0 Å². The molecule has 1 aromatic carbocycles. The number of nitrogens with zero attached hydrogens (tertiary/aromatic N) is 1. The van der Waals surface area contributed by atoms with Crippen LogP contribution >= 0.6 is 10.7 Å². The van der Waals surface area contributed by atoms with E-state index in [4.69, 9.17) is 20.7 Å². The van der Waals surface area contributed by atoms with Crippen molar-refractivity contribution in [3.63, 3.8) is 0 Å². The fourth-order valence-corrected chi connectivity index (χ4v) is 4.14. The number of benzene rings is 1. The minimum absolute atomic E-state index is 0.203. The molecule has 0 bridgehead atoms. The van der Waals surface area contributed by atoms with E-state index in [0.717, 1.165) is 5.56 Å². The topological polar surface area (TPSA) is 67.2 Å². The molecule has 1 heterocycles. The number of hydrogen-bond acceptors (Lipinski definition) is 4. The van der Waals surface area contributed by atoms with E-state index in [1.807, 2.05) is 12.1 Å². The van der Waals surface area contributed by atoms with Crippen LogP contribution in [0.3, 0.4) is 0 Å². The summed E-state index contributed by atoms with van der Waals surface area (Å²) >= 11 is 0. The van der Waals surface area contributed by atoms with Gasteiger partial charge in [-0.2, -0.15) is 5.26 Å². The zero-order valence-electron chi connectivity index (χ0n) is 10.3. The average Bonchev–Trinajstić information content (AvgIpc) is 2.39. The molecule has 1 aliphatic rings. The minimum Gasteiger partial charge on any atom is -0.381 e. The molecule has 0 spiro atoms. The van der Waals surface area contributed by atoms with E-state index in [-0.39, 0.29) is 5.92 Å². The molecule has 0 aliphatic carbocycles. The van der Waals surface area contributed by atoms with Gasteiger partial charge in [0.15, 0.2) is 0 Å². The Morgan fingerprint density at radius 1 is 1.42 bits per heavy atom. The highest BCUT2D eigenvalue weighted by molar-refractivity contribution is 8.14. The van der Waals surface area contributed by atoms with Gasteiger partial charge in [0, 0.05) is 23.2 Å². The van der Waals surface area contributed by atoms with Gasteiger partial charge in [-0.25, -0.2) is 8.42 Å². The van der Waals surface area contributed by atoms with Crippen LogP contribution in [0.2, 0.25) is 0 Å². The summed E-state index contributed by atoms with van der Waals surface area (Å²) in [5.41, 5.74) is 1.41. The van der Waals surface area contributed by atoms with E-state index in [0.29, 0.717) is 31.6 Å². The van der Waals surface area contributed by atoms with Crippen molar-refractivity contribution in [3.05, 3.63) is 35.4 Å². The molecule has 1 fully saturated rings. The molecule has 0 aromatic heterocycles. The van der Waals surface area contributed by atoms with Crippen LogP contribution in [0.25, 0.3) is 0 Å². The normalized spacial score (nSPS) is 23.8. The number of nitriles is 1. The molecule has 0 amide bonds. The second-order valence-corrected chi connectivity index (χ2v) is 7.46. The Morgan fingerprint density at radius 2 is 2.16 bits per heavy atom. The van der Waals surface area contributed by atoms with Crippen molar-refractivity contribution in [1.29, 1.82) is 5.26 Å².